The van der Waals surface area contributed by atoms with Gasteiger partial charge in [-0.2, -0.15) is 11.8 Å². The molecule has 28 heavy (non-hydrogen) atoms. The lowest BCUT2D eigenvalue weighted by atomic mass is 10.2. The molecule has 148 valence electrons. The van der Waals surface area contributed by atoms with Crippen LogP contribution in [0.4, 0.5) is 16.2 Å². The Morgan fingerprint density at radius 3 is 2.57 bits per heavy atom. The van der Waals surface area contributed by atoms with Crippen molar-refractivity contribution in [2.75, 3.05) is 28.7 Å². The molecule has 2 aromatic rings. The summed E-state index contributed by atoms with van der Waals surface area (Å²) in [4.78, 5) is 24.3. The second kappa shape index (κ2) is 10.1. The van der Waals surface area contributed by atoms with Gasteiger partial charge in [-0.3, -0.25) is 4.79 Å². The minimum atomic E-state index is -0.298. The van der Waals surface area contributed by atoms with Crippen molar-refractivity contribution in [1.29, 1.82) is 0 Å². The minimum Gasteiger partial charge on any atom is -0.352 e. The number of carbonyl (C=O) groups excluding carboxylic acids is 2. The Hall–Kier alpha value is -2.51. The van der Waals surface area contributed by atoms with Gasteiger partial charge in [-0.25, -0.2) is 4.79 Å². The Labute approximate surface area is 169 Å². The summed E-state index contributed by atoms with van der Waals surface area (Å²) in [5.41, 5.74) is 3.45. The third-order valence-electron chi connectivity index (χ3n) is 4.38. The zero-order valence-electron chi connectivity index (χ0n) is 16.0. The van der Waals surface area contributed by atoms with E-state index in [-0.39, 0.29) is 18.0 Å². The largest absolute Gasteiger partial charge is 0.352 e. The molecular formula is C21H26N4O2S. The molecule has 7 heteroatoms. The number of carbonyl (C=O) groups is 2. The van der Waals surface area contributed by atoms with Gasteiger partial charge in [0.05, 0.1) is 0 Å². The number of urea groups is 1. The maximum Gasteiger partial charge on any atom is 0.323 e. The number of amides is 3. The van der Waals surface area contributed by atoms with E-state index in [1.165, 1.54) is 0 Å². The fourth-order valence-electron chi connectivity index (χ4n) is 3.02. The lowest BCUT2D eigenvalue weighted by Gasteiger charge is -2.22. The van der Waals surface area contributed by atoms with Crippen LogP contribution in [-0.4, -0.2) is 36.0 Å². The van der Waals surface area contributed by atoms with Gasteiger partial charge in [-0.15, -0.1) is 0 Å². The molecule has 0 aromatic heterocycles. The molecule has 1 heterocycles. The molecule has 0 aliphatic carbocycles. The van der Waals surface area contributed by atoms with E-state index in [4.69, 9.17) is 0 Å². The fraction of sp³-hybridized carbons (Fsp3) is 0.333. The lowest BCUT2D eigenvalue weighted by molar-refractivity contribution is -0.121. The zero-order chi connectivity index (χ0) is 19.8. The van der Waals surface area contributed by atoms with Gasteiger partial charge in [0.1, 0.15) is 0 Å². The molecule has 0 spiro atoms. The summed E-state index contributed by atoms with van der Waals surface area (Å²) >= 11 is 1.88. The summed E-state index contributed by atoms with van der Waals surface area (Å²) in [5.74, 6) is 2.12. The molecule has 6 nitrogen and oxygen atoms in total. The van der Waals surface area contributed by atoms with E-state index < -0.39 is 0 Å². The first kappa shape index (κ1) is 20.2. The Morgan fingerprint density at radius 1 is 1.11 bits per heavy atom. The molecular weight excluding hydrogens is 372 g/mol. The number of rotatable bonds is 6. The van der Waals surface area contributed by atoms with Crippen LogP contribution in [0.5, 0.6) is 0 Å². The van der Waals surface area contributed by atoms with Crippen LogP contribution in [0, 0.1) is 6.92 Å². The average molecular weight is 399 g/mol. The normalized spacial score (nSPS) is 16.2. The van der Waals surface area contributed by atoms with Crippen molar-refractivity contribution in [2.24, 2.45) is 0 Å². The van der Waals surface area contributed by atoms with Crippen LogP contribution in [0.1, 0.15) is 17.5 Å². The van der Waals surface area contributed by atoms with Crippen molar-refractivity contribution >= 4 is 35.1 Å². The SMILES string of the molecule is Cc1cccc(NC(=O)Nc2cccc(CNC(=O)CC3CSCCN3)c2)c1. The van der Waals surface area contributed by atoms with Crippen molar-refractivity contribution < 1.29 is 9.59 Å². The maximum atomic E-state index is 12.2. The van der Waals surface area contributed by atoms with Crippen LogP contribution in [0.2, 0.25) is 0 Å². The first-order valence-corrected chi connectivity index (χ1v) is 10.6. The van der Waals surface area contributed by atoms with Crippen molar-refractivity contribution in [3.8, 4) is 0 Å². The number of hydrogen-bond acceptors (Lipinski definition) is 4. The van der Waals surface area contributed by atoms with Gasteiger partial charge < -0.3 is 21.3 Å². The number of thioether (sulfide) groups is 1. The highest BCUT2D eigenvalue weighted by molar-refractivity contribution is 7.99. The second-order valence-corrected chi connectivity index (χ2v) is 8.01. The number of anilines is 2. The number of hydrogen-bond donors (Lipinski definition) is 4. The summed E-state index contributed by atoms with van der Waals surface area (Å²) in [6.45, 7) is 3.37. The van der Waals surface area contributed by atoms with Crippen LogP contribution in [0.3, 0.4) is 0 Å². The van der Waals surface area contributed by atoms with E-state index in [0.717, 1.165) is 34.9 Å². The predicted octanol–water partition coefficient (Wildman–Crippen LogP) is 3.35. The highest BCUT2D eigenvalue weighted by Gasteiger charge is 2.16. The van der Waals surface area contributed by atoms with E-state index in [2.05, 4.69) is 21.3 Å². The Morgan fingerprint density at radius 2 is 1.86 bits per heavy atom. The van der Waals surface area contributed by atoms with Gasteiger partial charge >= 0.3 is 6.03 Å². The van der Waals surface area contributed by atoms with Crippen molar-refractivity contribution in [3.63, 3.8) is 0 Å². The van der Waals surface area contributed by atoms with Crippen LogP contribution < -0.4 is 21.3 Å². The molecule has 1 fully saturated rings. The molecule has 2 aromatic carbocycles. The topological polar surface area (TPSA) is 82.3 Å². The predicted molar refractivity (Wildman–Crippen MR) is 116 cm³/mol. The standard InChI is InChI=1S/C21H26N4O2S/c1-15-4-2-6-17(10-15)24-21(27)25-18-7-3-5-16(11-18)13-23-20(26)12-19-14-28-9-8-22-19/h2-7,10-11,19,22H,8-9,12-14H2,1H3,(H,23,26)(H2,24,25,27). The van der Waals surface area contributed by atoms with Crippen LogP contribution in [0.15, 0.2) is 48.5 Å². The molecule has 1 aliphatic rings. The van der Waals surface area contributed by atoms with Gasteiger partial charge in [0.15, 0.2) is 0 Å². The number of nitrogens with one attached hydrogen (secondary N) is 4. The Bertz CT molecular complexity index is 822. The first-order valence-electron chi connectivity index (χ1n) is 9.40. The van der Waals surface area contributed by atoms with Gasteiger partial charge in [0.25, 0.3) is 0 Å². The summed E-state index contributed by atoms with van der Waals surface area (Å²) in [7, 11) is 0. The molecule has 0 bridgehead atoms. The molecule has 0 saturated carbocycles. The number of benzene rings is 2. The number of aryl methyl sites for hydroxylation is 1. The summed E-state index contributed by atoms with van der Waals surface area (Å²) in [6.07, 6.45) is 0.490. The maximum absolute atomic E-state index is 12.2. The molecule has 0 radical (unpaired) electrons. The van der Waals surface area contributed by atoms with Crippen molar-refractivity contribution in [3.05, 3.63) is 59.7 Å². The van der Waals surface area contributed by atoms with Gasteiger partial charge in [-0.05, 0) is 42.3 Å². The molecule has 3 rings (SSSR count). The van der Waals surface area contributed by atoms with Crippen molar-refractivity contribution in [1.82, 2.24) is 10.6 Å². The van der Waals surface area contributed by atoms with Crippen LogP contribution in [0.25, 0.3) is 0 Å². The summed E-state index contributed by atoms with van der Waals surface area (Å²) in [5, 5.41) is 12.0. The summed E-state index contributed by atoms with van der Waals surface area (Å²) in [6, 6.07) is 15.1. The molecule has 3 amide bonds. The van der Waals surface area contributed by atoms with E-state index in [9.17, 15) is 9.59 Å². The monoisotopic (exact) mass is 398 g/mol. The van der Waals surface area contributed by atoms with Gasteiger partial charge in [0, 0.05) is 48.4 Å². The highest BCUT2D eigenvalue weighted by atomic mass is 32.2. The van der Waals surface area contributed by atoms with E-state index in [1.807, 2.05) is 67.2 Å². The average Bonchev–Trinajstić information content (AvgIpc) is 2.67. The second-order valence-electron chi connectivity index (χ2n) is 6.86. The third kappa shape index (κ3) is 6.58. The smallest absolute Gasteiger partial charge is 0.323 e. The minimum absolute atomic E-state index is 0.0375. The Balaban J connectivity index is 1.47. The van der Waals surface area contributed by atoms with E-state index in [0.29, 0.717) is 18.7 Å². The molecule has 4 N–H and O–H groups in total. The van der Waals surface area contributed by atoms with Gasteiger partial charge in [0.2, 0.25) is 5.91 Å². The quantitative estimate of drug-likeness (QED) is 0.601. The molecule has 1 aliphatic heterocycles. The molecule has 1 unspecified atom stereocenters. The third-order valence-corrected chi connectivity index (χ3v) is 5.51. The van der Waals surface area contributed by atoms with Crippen molar-refractivity contribution in [2.45, 2.75) is 25.9 Å². The summed E-state index contributed by atoms with van der Waals surface area (Å²) < 4.78 is 0. The fourth-order valence-corrected chi connectivity index (χ4v) is 3.97. The first-order chi connectivity index (χ1) is 13.6. The van der Waals surface area contributed by atoms with E-state index >= 15 is 0 Å². The van der Waals surface area contributed by atoms with Crippen LogP contribution >= 0.6 is 11.8 Å². The Kier molecular flexibility index (Phi) is 7.33. The lowest BCUT2D eigenvalue weighted by Crippen LogP contribution is -2.41. The molecule has 1 atom stereocenters. The zero-order valence-corrected chi connectivity index (χ0v) is 16.8. The van der Waals surface area contributed by atoms with Gasteiger partial charge in [-0.1, -0.05) is 24.3 Å². The van der Waals surface area contributed by atoms with E-state index in [1.54, 1.807) is 0 Å². The van der Waals surface area contributed by atoms with Crippen LogP contribution in [-0.2, 0) is 11.3 Å². The molecule has 1 saturated heterocycles. The highest BCUT2D eigenvalue weighted by Crippen LogP contribution is 2.14.